The van der Waals surface area contributed by atoms with Gasteiger partial charge in [-0.05, 0) is 97.0 Å². The minimum absolute atomic E-state index is 0.0418. The maximum Gasteiger partial charge on any atom is 0.490 e. The molecule has 1 aliphatic carbocycles. The number of primary amides is 1. The van der Waals surface area contributed by atoms with E-state index in [1.165, 1.54) is 22.5 Å². The Labute approximate surface area is 307 Å². The molecule has 9 nitrogen and oxygen atoms in total. The van der Waals surface area contributed by atoms with Gasteiger partial charge in [0.1, 0.15) is 5.82 Å². The lowest BCUT2D eigenvalue weighted by atomic mass is 9.85. The third kappa shape index (κ3) is 8.12. The molecular formula is C37H33Cl2F3N4O5S. The molecule has 1 aliphatic heterocycles. The van der Waals surface area contributed by atoms with Gasteiger partial charge in [-0.2, -0.15) is 17.5 Å². The molecule has 1 saturated heterocycles. The number of benzene rings is 4. The lowest BCUT2D eigenvalue weighted by Crippen LogP contribution is -2.39. The second-order valence-corrected chi connectivity index (χ2v) is 15.5. The highest BCUT2D eigenvalue weighted by molar-refractivity contribution is 7.89. The number of carbonyl (C=O) groups excluding carboxylic acids is 1. The summed E-state index contributed by atoms with van der Waals surface area (Å²) in [6.07, 6.45) is -1.56. The van der Waals surface area contributed by atoms with Gasteiger partial charge in [0.05, 0.1) is 15.9 Å². The van der Waals surface area contributed by atoms with Crippen molar-refractivity contribution in [2.24, 2.45) is 5.73 Å². The Bertz CT molecular complexity index is 2170. The van der Waals surface area contributed by atoms with Gasteiger partial charge in [-0.15, -0.1) is 0 Å². The fraction of sp³-hybridized carbons (Fsp3) is 0.270. The van der Waals surface area contributed by atoms with Crippen LogP contribution in [0.15, 0.2) is 95.9 Å². The SMILES string of the molecule is NC(=O)c1cccc(S(=O)(=O)N2CCC(n3c(C4CC4)nc4ccc(C(c5ccc(Cl)cc5)c5ccc(Cl)cc5)cc43)CC2)c1.O=C(O)C(F)(F)F. The van der Waals surface area contributed by atoms with Crippen molar-refractivity contribution in [2.75, 3.05) is 13.1 Å². The standard InChI is InChI=1S/C35H32Cl2N4O3S.C2HF3O2/c36-27-11-6-22(7-12-27)33(23-8-13-28(37)14-9-23)25-10-15-31-32(21-25)41(35(39-31)24-4-5-24)29-16-18-40(19-17-29)45(43,44)30-3-1-2-26(20-30)34(38)42;3-2(4,5)1(6)7/h1-3,6-15,20-21,24,29,33H,4-5,16-19H2,(H2,38,42);(H,6,7). The molecule has 0 radical (unpaired) electrons. The van der Waals surface area contributed by atoms with Crippen LogP contribution in [0.3, 0.4) is 0 Å². The lowest BCUT2D eigenvalue weighted by molar-refractivity contribution is -0.192. The number of fused-ring (bicyclic) bond motifs is 1. The number of alkyl halides is 3. The zero-order chi connectivity index (χ0) is 37.4. The number of hydrogen-bond donors (Lipinski definition) is 2. The Morgan fingerprint density at radius 2 is 1.37 bits per heavy atom. The molecule has 272 valence electrons. The summed E-state index contributed by atoms with van der Waals surface area (Å²) in [7, 11) is -3.77. The number of aliphatic carboxylic acids is 1. The molecule has 52 heavy (non-hydrogen) atoms. The van der Waals surface area contributed by atoms with Gasteiger partial charge in [0.25, 0.3) is 0 Å². The van der Waals surface area contributed by atoms with Gasteiger partial charge >= 0.3 is 12.1 Å². The molecule has 0 unspecified atom stereocenters. The molecule has 0 spiro atoms. The van der Waals surface area contributed by atoms with Gasteiger partial charge in [0.2, 0.25) is 15.9 Å². The maximum absolute atomic E-state index is 13.5. The van der Waals surface area contributed by atoms with Crippen molar-refractivity contribution in [3.63, 3.8) is 0 Å². The number of nitrogens with two attached hydrogens (primary N) is 1. The van der Waals surface area contributed by atoms with E-state index in [1.807, 2.05) is 24.3 Å². The van der Waals surface area contributed by atoms with Crippen molar-refractivity contribution < 1.29 is 36.3 Å². The summed E-state index contributed by atoms with van der Waals surface area (Å²) in [6, 6.07) is 28.5. The van der Waals surface area contributed by atoms with Crippen molar-refractivity contribution in [3.8, 4) is 0 Å². The van der Waals surface area contributed by atoms with E-state index in [-0.39, 0.29) is 22.4 Å². The van der Waals surface area contributed by atoms with E-state index in [0.29, 0.717) is 41.9 Å². The molecule has 2 aliphatic rings. The summed E-state index contributed by atoms with van der Waals surface area (Å²) in [6.45, 7) is 0.741. The van der Waals surface area contributed by atoms with Crippen LogP contribution < -0.4 is 5.73 Å². The number of piperidine rings is 1. The van der Waals surface area contributed by atoms with E-state index in [0.717, 1.165) is 46.4 Å². The fourth-order valence-corrected chi connectivity index (χ4v) is 8.28. The quantitative estimate of drug-likeness (QED) is 0.153. The number of carboxylic acid groups (broad SMARTS) is 1. The van der Waals surface area contributed by atoms with Crippen LogP contribution >= 0.6 is 23.2 Å². The van der Waals surface area contributed by atoms with Crippen LogP contribution in [0.2, 0.25) is 10.0 Å². The van der Waals surface area contributed by atoms with Gasteiger partial charge < -0.3 is 15.4 Å². The topological polar surface area (TPSA) is 136 Å². The van der Waals surface area contributed by atoms with E-state index in [4.69, 9.17) is 43.8 Å². The maximum atomic E-state index is 13.5. The van der Waals surface area contributed by atoms with Crippen molar-refractivity contribution in [3.05, 3.63) is 129 Å². The molecule has 0 atom stereocenters. The summed E-state index contributed by atoms with van der Waals surface area (Å²) < 4.78 is 62.7. The largest absolute Gasteiger partial charge is 0.490 e. The highest BCUT2D eigenvalue weighted by Gasteiger charge is 2.38. The number of carboxylic acids is 1. The average molecular weight is 774 g/mol. The second-order valence-electron chi connectivity index (χ2n) is 12.7. The molecule has 3 N–H and O–H groups in total. The van der Waals surface area contributed by atoms with Crippen molar-refractivity contribution in [2.45, 2.75) is 54.6 Å². The minimum Gasteiger partial charge on any atom is -0.475 e. The molecule has 7 rings (SSSR count). The second kappa shape index (κ2) is 14.9. The van der Waals surface area contributed by atoms with E-state index in [9.17, 15) is 26.4 Å². The van der Waals surface area contributed by atoms with Crippen LogP contribution in [-0.4, -0.2) is 58.5 Å². The number of halogens is 5. The van der Waals surface area contributed by atoms with Gasteiger partial charge in [-0.1, -0.05) is 59.6 Å². The Hall–Kier alpha value is -4.43. The Kier molecular flexibility index (Phi) is 10.7. The third-order valence-electron chi connectivity index (χ3n) is 9.21. The number of sulfonamides is 1. The summed E-state index contributed by atoms with van der Waals surface area (Å²) in [5.41, 5.74) is 11.0. The number of aromatic nitrogens is 2. The smallest absolute Gasteiger partial charge is 0.475 e. The molecule has 2 fully saturated rings. The van der Waals surface area contributed by atoms with Crippen LogP contribution in [0.4, 0.5) is 13.2 Å². The summed E-state index contributed by atoms with van der Waals surface area (Å²) in [4.78, 5) is 25.8. The lowest BCUT2D eigenvalue weighted by Gasteiger charge is -2.33. The first-order valence-electron chi connectivity index (χ1n) is 16.4. The third-order valence-corrected chi connectivity index (χ3v) is 11.6. The fourth-order valence-electron chi connectivity index (χ4n) is 6.51. The first-order chi connectivity index (χ1) is 24.6. The molecule has 15 heteroatoms. The molecular weight excluding hydrogens is 740 g/mol. The van der Waals surface area contributed by atoms with E-state index < -0.39 is 28.1 Å². The Balaban J connectivity index is 0.000000604. The number of rotatable bonds is 8. The van der Waals surface area contributed by atoms with Crippen molar-refractivity contribution >= 4 is 56.1 Å². The van der Waals surface area contributed by atoms with Gasteiger partial charge in [0, 0.05) is 46.6 Å². The molecule has 0 bridgehead atoms. The Morgan fingerprint density at radius 1 is 0.827 bits per heavy atom. The molecule has 4 aromatic carbocycles. The zero-order valence-electron chi connectivity index (χ0n) is 27.4. The molecule has 1 amide bonds. The van der Waals surface area contributed by atoms with E-state index in [2.05, 4.69) is 47.0 Å². The number of nitrogens with zero attached hydrogens (tertiary/aromatic N) is 3. The predicted molar refractivity (Wildman–Crippen MR) is 191 cm³/mol. The highest BCUT2D eigenvalue weighted by Crippen LogP contribution is 2.44. The number of imidazole rings is 1. The van der Waals surface area contributed by atoms with E-state index >= 15 is 0 Å². The first kappa shape index (κ1) is 37.3. The van der Waals surface area contributed by atoms with Crippen LogP contribution in [0.1, 0.15) is 76.4 Å². The van der Waals surface area contributed by atoms with Gasteiger partial charge in [-0.3, -0.25) is 4.79 Å². The number of amides is 1. The summed E-state index contributed by atoms with van der Waals surface area (Å²) in [5, 5.41) is 8.50. The number of hydrogen-bond acceptors (Lipinski definition) is 5. The molecule has 5 aromatic rings. The van der Waals surface area contributed by atoms with Crippen molar-refractivity contribution in [1.82, 2.24) is 13.9 Å². The molecule has 2 heterocycles. The average Bonchev–Trinajstić information content (AvgIpc) is 3.90. The van der Waals surface area contributed by atoms with E-state index in [1.54, 1.807) is 6.07 Å². The minimum atomic E-state index is -5.08. The van der Waals surface area contributed by atoms with Gasteiger partial charge in [-0.25, -0.2) is 18.2 Å². The molecule has 1 aromatic heterocycles. The van der Waals surface area contributed by atoms with Crippen LogP contribution in [0, 0.1) is 0 Å². The highest BCUT2D eigenvalue weighted by atomic mass is 35.5. The molecule has 1 saturated carbocycles. The van der Waals surface area contributed by atoms with Crippen molar-refractivity contribution in [1.29, 1.82) is 0 Å². The first-order valence-corrected chi connectivity index (χ1v) is 18.6. The van der Waals surface area contributed by atoms with Crippen LogP contribution in [0.25, 0.3) is 11.0 Å². The normalized spacial score (nSPS) is 15.7. The Morgan fingerprint density at radius 3 is 1.87 bits per heavy atom. The number of carbonyl (C=O) groups is 2. The predicted octanol–water partition coefficient (Wildman–Crippen LogP) is 8.16. The van der Waals surface area contributed by atoms with Gasteiger partial charge in [0.15, 0.2) is 0 Å². The summed E-state index contributed by atoms with van der Waals surface area (Å²) >= 11 is 12.5. The van der Waals surface area contributed by atoms with Crippen LogP contribution in [-0.2, 0) is 14.8 Å². The van der Waals surface area contributed by atoms with Crippen LogP contribution in [0.5, 0.6) is 0 Å². The zero-order valence-corrected chi connectivity index (χ0v) is 29.8. The summed E-state index contributed by atoms with van der Waals surface area (Å²) in [5.74, 6) is -1.94. The monoisotopic (exact) mass is 772 g/mol.